The monoisotopic (exact) mass is 380 g/mol. The molecule has 0 aliphatic carbocycles. The maximum absolute atomic E-state index is 12.1. The van der Waals surface area contributed by atoms with E-state index in [9.17, 15) is 9.59 Å². The Hall–Kier alpha value is -3.19. The molecule has 138 valence electrons. The minimum absolute atomic E-state index is 0.144. The minimum Gasteiger partial charge on any atom is -0.326 e. The largest absolute Gasteiger partial charge is 0.326 e. The number of nitrogens with one attached hydrogen (secondary N) is 3. The third-order valence-corrected chi connectivity index (χ3v) is 4.53. The molecule has 2 aromatic carbocycles. The van der Waals surface area contributed by atoms with Crippen LogP contribution in [0.1, 0.15) is 16.8 Å². The SMILES string of the molecule is Cc1ccc(NC(=O)Cc2csc(NC(=O)Nc3cccc(C)c3)n2)cc1. The summed E-state index contributed by atoms with van der Waals surface area (Å²) in [7, 11) is 0. The van der Waals surface area contributed by atoms with Crippen molar-refractivity contribution in [1.82, 2.24) is 4.98 Å². The molecule has 6 nitrogen and oxygen atoms in total. The lowest BCUT2D eigenvalue weighted by molar-refractivity contribution is -0.115. The van der Waals surface area contributed by atoms with Gasteiger partial charge in [-0.1, -0.05) is 29.8 Å². The molecule has 1 aromatic heterocycles. The van der Waals surface area contributed by atoms with Crippen LogP contribution in [-0.2, 0) is 11.2 Å². The van der Waals surface area contributed by atoms with Crippen molar-refractivity contribution >= 4 is 39.8 Å². The number of hydrogen-bond donors (Lipinski definition) is 3. The lowest BCUT2D eigenvalue weighted by Gasteiger charge is -2.06. The number of anilines is 3. The molecule has 0 saturated heterocycles. The van der Waals surface area contributed by atoms with Crippen molar-refractivity contribution in [1.29, 1.82) is 0 Å². The van der Waals surface area contributed by atoms with Crippen LogP contribution >= 0.6 is 11.3 Å². The number of thiazole rings is 1. The van der Waals surface area contributed by atoms with Gasteiger partial charge in [-0.3, -0.25) is 10.1 Å². The molecule has 0 aliphatic rings. The molecule has 1 heterocycles. The second kappa shape index (κ2) is 8.46. The number of nitrogens with zero attached hydrogens (tertiary/aromatic N) is 1. The van der Waals surface area contributed by atoms with Crippen molar-refractivity contribution in [3.05, 3.63) is 70.7 Å². The molecule has 0 unspecified atom stereocenters. The fourth-order valence-corrected chi connectivity index (χ4v) is 3.14. The van der Waals surface area contributed by atoms with Crippen LogP contribution in [0.4, 0.5) is 21.3 Å². The quantitative estimate of drug-likeness (QED) is 0.606. The van der Waals surface area contributed by atoms with E-state index in [4.69, 9.17) is 0 Å². The average molecular weight is 380 g/mol. The van der Waals surface area contributed by atoms with Gasteiger partial charge in [0.25, 0.3) is 0 Å². The summed E-state index contributed by atoms with van der Waals surface area (Å²) in [5.74, 6) is -0.153. The van der Waals surface area contributed by atoms with E-state index in [1.807, 2.05) is 62.4 Å². The molecular weight excluding hydrogens is 360 g/mol. The van der Waals surface area contributed by atoms with Gasteiger partial charge in [-0.2, -0.15) is 0 Å². The van der Waals surface area contributed by atoms with Crippen molar-refractivity contribution in [2.24, 2.45) is 0 Å². The number of rotatable bonds is 5. The molecule has 0 radical (unpaired) electrons. The Morgan fingerprint density at radius 2 is 1.70 bits per heavy atom. The molecule has 0 spiro atoms. The topological polar surface area (TPSA) is 83.1 Å². The summed E-state index contributed by atoms with van der Waals surface area (Å²) in [5.41, 5.74) is 4.25. The standard InChI is InChI=1S/C20H20N4O2S/c1-13-6-8-15(9-7-13)21-18(25)11-17-12-27-20(23-17)24-19(26)22-16-5-3-4-14(2)10-16/h3-10,12H,11H2,1-2H3,(H,21,25)(H2,22,23,24,26). The first-order valence-electron chi connectivity index (χ1n) is 8.43. The summed E-state index contributed by atoms with van der Waals surface area (Å²) in [6.07, 6.45) is 0.144. The molecule has 0 saturated carbocycles. The molecule has 0 bridgehead atoms. The summed E-state index contributed by atoms with van der Waals surface area (Å²) in [4.78, 5) is 28.5. The van der Waals surface area contributed by atoms with Gasteiger partial charge < -0.3 is 10.6 Å². The zero-order chi connectivity index (χ0) is 19.2. The van der Waals surface area contributed by atoms with E-state index in [0.717, 1.165) is 16.8 Å². The number of aryl methyl sites for hydroxylation is 2. The van der Waals surface area contributed by atoms with Crippen molar-refractivity contribution in [2.75, 3.05) is 16.0 Å². The van der Waals surface area contributed by atoms with Crippen molar-refractivity contribution in [2.45, 2.75) is 20.3 Å². The van der Waals surface area contributed by atoms with E-state index in [-0.39, 0.29) is 18.4 Å². The Morgan fingerprint density at radius 3 is 2.44 bits per heavy atom. The van der Waals surface area contributed by atoms with Gasteiger partial charge in [0.05, 0.1) is 12.1 Å². The number of benzene rings is 2. The molecular formula is C20H20N4O2S. The molecule has 3 rings (SSSR count). The normalized spacial score (nSPS) is 10.3. The highest BCUT2D eigenvalue weighted by Crippen LogP contribution is 2.17. The van der Waals surface area contributed by atoms with Crippen LogP contribution in [0.25, 0.3) is 0 Å². The molecule has 3 N–H and O–H groups in total. The number of carbonyl (C=O) groups is 2. The van der Waals surface area contributed by atoms with Gasteiger partial charge >= 0.3 is 6.03 Å². The van der Waals surface area contributed by atoms with Crippen LogP contribution in [0.2, 0.25) is 0 Å². The van der Waals surface area contributed by atoms with Gasteiger partial charge in [0.15, 0.2) is 5.13 Å². The first kappa shape index (κ1) is 18.6. The third kappa shape index (κ3) is 5.65. The van der Waals surface area contributed by atoms with E-state index in [2.05, 4.69) is 20.9 Å². The van der Waals surface area contributed by atoms with Crippen molar-refractivity contribution in [3.8, 4) is 0 Å². The zero-order valence-electron chi connectivity index (χ0n) is 15.1. The summed E-state index contributed by atoms with van der Waals surface area (Å²) in [5, 5.41) is 10.5. The predicted octanol–water partition coefficient (Wildman–Crippen LogP) is 4.59. The first-order chi connectivity index (χ1) is 13.0. The Kier molecular flexibility index (Phi) is 5.83. The second-order valence-electron chi connectivity index (χ2n) is 6.18. The van der Waals surface area contributed by atoms with Gasteiger partial charge in [0.1, 0.15) is 0 Å². The van der Waals surface area contributed by atoms with Gasteiger partial charge in [0.2, 0.25) is 5.91 Å². The van der Waals surface area contributed by atoms with Crippen LogP contribution < -0.4 is 16.0 Å². The fourth-order valence-electron chi connectivity index (χ4n) is 2.43. The van der Waals surface area contributed by atoms with E-state index >= 15 is 0 Å². The van der Waals surface area contributed by atoms with Crippen LogP contribution in [0.5, 0.6) is 0 Å². The van der Waals surface area contributed by atoms with E-state index in [1.54, 1.807) is 5.38 Å². The van der Waals surface area contributed by atoms with Crippen LogP contribution in [-0.4, -0.2) is 16.9 Å². The Bertz CT molecular complexity index is 951. The molecule has 0 aliphatic heterocycles. The summed E-state index contributed by atoms with van der Waals surface area (Å²) >= 11 is 1.28. The van der Waals surface area contributed by atoms with Crippen LogP contribution in [0.3, 0.4) is 0 Å². The Balaban J connectivity index is 1.52. The lowest BCUT2D eigenvalue weighted by Crippen LogP contribution is -2.19. The van der Waals surface area contributed by atoms with E-state index in [0.29, 0.717) is 16.5 Å². The minimum atomic E-state index is -0.370. The lowest BCUT2D eigenvalue weighted by atomic mass is 10.2. The third-order valence-electron chi connectivity index (χ3n) is 3.73. The van der Waals surface area contributed by atoms with Crippen molar-refractivity contribution < 1.29 is 9.59 Å². The fraction of sp³-hybridized carbons (Fsp3) is 0.150. The maximum Gasteiger partial charge on any atom is 0.325 e. The van der Waals surface area contributed by atoms with Gasteiger partial charge in [-0.05, 0) is 43.7 Å². The zero-order valence-corrected chi connectivity index (χ0v) is 15.9. The molecule has 3 aromatic rings. The van der Waals surface area contributed by atoms with E-state index < -0.39 is 0 Å². The second-order valence-corrected chi connectivity index (χ2v) is 7.04. The number of carbonyl (C=O) groups excluding carboxylic acids is 2. The highest BCUT2D eigenvalue weighted by atomic mass is 32.1. The van der Waals surface area contributed by atoms with Crippen molar-refractivity contribution in [3.63, 3.8) is 0 Å². The Morgan fingerprint density at radius 1 is 0.926 bits per heavy atom. The maximum atomic E-state index is 12.1. The van der Waals surface area contributed by atoms with Crippen LogP contribution in [0.15, 0.2) is 53.9 Å². The van der Waals surface area contributed by atoms with Crippen LogP contribution in [0, 0.1) is 13.8 Å². The number of aromatic nitrogens is 1. The van der Waals surface area contributed by atoms with Gasteiger partial charge in [-0.15, -0.1) is 11.3 Å². The molecule has 0 fully saturated rings. The summed E-state index contributed by atoms with van der Waals surface area (Å²) in [6, 6.07) is 14.7. The predicted molar refractivity (Wildman–Crippen MR) is 109 cm³/mol. The molecule has 27 heavy (non-hydrogen) atoms. The molecule has 0 atom stereocenters. The Labute approximate surface area is 161 Å². The molecule has 7 heteroatoms. The van der Waals surface area contributed by atoms with Gasteiger partial charge in [0, 0.05) is 16.8 Å². The van der Waals surface area contributed by atoms with Gasteiger partial charge in [-0.25, -0.2) is 9.78 Å². The smallest absolute Gasteiger partial charge is 0.325 e. The summed E-state index contributed by atoms with van der Waals surface area (Å²) < 4.78 is 0. The first-order valence-corrected chi connectivity index (χ1v) is 9.31. The summed E-state index contributed by atoms with van der Waals surface area (Å²) in [6.45, 7) is 3.95. The number of hydrogen-bond acceptors (Lipinski definition) is 4. The highest BCUT2D eigenvalue weighted by molar-refractivity contribution is 7.14. The van der Waals surface area contributed by atoms with E-state index in [1.165, 1.54) is 11.3 Å². The number of urea groups is 1. The molecule has 3 amide bonds. The highest BCUT2D eigenvalue weighted by Gasteiger charge is 2.10. The number of amides is 3. The average Bonchev–Trinajstić information content (AvgIpc) is 3.03.